The van der Waals surface area contributed by atoms with Gasteiger partial charge < -0.3 is 15.4 Å². The number of aromatic nitrogens is 1. The van der Waals surface area contributed by atoms with Crippen LogP contribution in [-0.2, 0) is 4.74 Å². The first-order chi connectivity index (χ1) is 12.6. The lowest BCUT2D eigenvalue weighted by Gasteiger charge is -2.26. The smallest absolute Gasteiger partial charge is 0.253 e. The number of anilines is 2. The molecule has 0 aliphatic carbocycles. The van der Waals surface area contributed by atoms with Crippen molar-refractivity contribution in [3.05, 3.63) is 51.6 Å². The summed E-state index contributed by atoms with van der Waals surface area (Å²) in [6.45, 7) is 4.53. The molecule has 0 radical (unpaired) electrons. The van der Waals surface area contributed by atoms with Gasteiger partial charge in [-0.1, -0.05) is 0 Å². The summed E-state index contributed by atoms with van der Waals surface area (Å²) in [6.07, 6.45) is 3.07. The van der Waals surface area contributed by atoms with Gasteiger partial charge >= 0.3 is 0 Å². The molecule has 1 aromatic carbocycles. The van der Waals surface area contributed by atoms with Crippen molar-refractivity contribution in [3.63, 3.8) is 0 Å². The second kappa shape index (κ2) is 9.24. The molecule has 2 aromatic rings. The predicted octanol–water partition coefficient (Wildman–Crippen LogP) is 2.63. The van der Waals surface area contributed by atoms with Crippen LogP contribution in [0, 0.1) is 9.39 Å². The Kier molecular flexibility index (Phi) is 6.75. The summed E-state index contributed by atoms with van der Waals surface area (Å²) in [6, 6.07) is 6.49. The third kappa shape index (κ3) is 5.12. The minimum atomic E-state index is -0.376. The summed E-state index contributed by atoms with van der Waals surface area (Å²) in [5, 5.41) is 5.87. The van der Waals surface area contributed by atoms with Gasteiger partial charge in [-0.25, -0.2) is 4.39 Å². The molecule has 1 aliphatic heterocycles. The Morgan fingerprint density at radius 2 is 2.08 bits per heavy atom. The Morgan fingerprint density at radius 1 is 1.27 bits per heavy atom. The van der Waals surface area contributed by atoms with E-state index >= 15 is 0 Å². The van der Waals surface area contributed by atoms with Gasteiger partial charge in [-0.05, 0) is 46.9 Å². The van der Waals surface area contributed by atoms with E-state index in [0.717, 1.165) is 36.4 Å². The maximum atomic E-state index is 14.1. The van der Waals surface area contributed by atoms with Crippen LogP contribution in [0.1, 0.15) is 10.4 Å². The van der Waals surface area contributed by atoms with Crippen LogP contribution >= 0.6 is 22.6 Å². The van der Waals surface area contributed by atoms with E-state index in [9.17, 15) is 9.18 Å². The Morgan fingerprint density at radius 3 is 2.85 bits per heavy atom. The van der Waals surface area contributed by atoms with Crippen LogP contribution in [0.2, 0.25) is 0 Å². The van der Waals surface area contributed by atoms with Crippen LogP contribution in [0.4, 0.5) is 15.8 Å². The maximum absolute atomic E-state index is 14.1. The fraction of sp³-hybridized carbons (Fsp3) is 0.333. The number of halogens is 2. The van der Waals surface area contributed by atoms with E-state index in [-0.39, 0.29) is 11.7 Å². The Bertz CT molecular complexity index is 769. The third-order valence-electron chi connectivity index (χ3n) is 4.08. The van der Waals surface area contributed by atoms with Gasteiger partial charge in [0.15, 0.2) is 0 Å². The second-order valence-corrected chi connectivity index (χ2v) is 7.13. The lowest BCUT2D eigenvalue weighted by Crippen LogP contribution is -2.41. The molecule has 1 amide bonds. The van der Waals surface area contributed by atoms with Crippen molar-refractivity contribution in [2.24, 2.45) is 0 Å². The van der Waals surface area contributed by atoms with E-state index in [1.54, 1.807) is 24.4 Å². The summed E-state index contributed by atoms with van der Waals surface area (Å²) in [5.41, 5.74) is 1.21. The summed E-state index contributed by atoms with van der Waals surface area (Å²) in [5.74, 6) is -0.589. The van der Waals surface area contributed by atoms with Crippen molar-refractivity contribution in [2.75, 3.05) is 44.7 Å². The van der Waals surface area contributed by atoms with Crippen LogP contribution in [0.25, 0.3) is 0 Å². The quantitative estimate of drug-likeness (QED) is 0.636. The first kappa shape index (κ1) is 19.0. The van der Waals surface area contributed by atoms with E-state index in [1.165, 1.54) is 12.3 Å². The molecule has 1 fully saturated rings. The summed E-state index contributed by atoms with van der Waals surface area (Å²) in [4.78, 5) is 18.8. The first-order valence-electron chi connectivity index (χ1n) is 8.38. The number of ether oxygens (including phenoxy) is 1. The molecule has 1 saturated heterocycles. The van der Waals surface area contributed by atoms with E-state index in [2.05, 4.69) is 20.5 Å². The fourth-order valence-corrected chi connectivity index (χ4v) is 3.13. The van der Waals surface area contributed by atoms with Crippen LogP contribution in [0.3, 0.4) is 0 Å². The number of amides is 1. The zero-order valence-electron chi connectivity index (χ0n) is 14.2. The van der Waals surface area contributed by atoms with E-state index < -0.39 is 0 Å². The molecular weight excluding hydrogens is 450 g/mol. The molecule has 0 atom stereocenters. The van der Waals surface area contributed by atoms with Crippen molar-refractivity contribution in [1.82, 2.24) is 15.2 Å². The topological polar surface area (TPSA) is 66.5 Å². The number of hydrogen-bond acceptors (Lipinski definition) is 5. The average Bonchev–Trinajstić information content (AvgIpc) is 2.65. The molecule has 0 unspecified atom stereocenters. The van der Waals surface area contributed by atoms with Crippen LogP contribution in [-0.4, -0.2) is 55.2 Å². The number of hydrogen-bond donors (Lipinski definition) is 2. The zero-order chi connectivity index (χ0) is 18.4. The van der Waals surface area contributed by atoms with Crippen LogP contribution < -0.4 is 10.6 Å². The number of carbonyl (C=O) groups excluding carboxylic acids is 1. The zero-order valence-corrected chi connectivity index (χ0v) is 16.3. The first-order valence-corrected chi connectivity index (χ1v) is 9.46. The molecule has 1 aliphatic rings. The van der Waals surface area contributed by atoms with E-state index in [0.29, 0.717) is 23.5 Å². The average molecular weight is 470 g/mol. The van der Waals surface area contributed by atoms with Crippen LogP contribution in [0.5, 0.6) is 0 Å². The molecule has 3 rings (SSSR count). The van der Waals surface area contributed by atoms with Gasteiger partial charge in [-0.3, -0.25) is 14.7 Å². The molecule has 6 nitrogen and oxygen atoms in total. The monoisotopic (exact) mass is 470 g/mol. The molecule has 2 N–H and O–H groups in total. The minimum Gasteiger partial charge on any atom is -0.379 e. The number of rotatable bonds is 6. The maximum Gasteiger partial charge on any atom is 0.253 e. The molecule has 26 heavy (non-hydrogen) atoms. The minimum absolute atomic E-state index is 0.214. The van der Waals surface area contributed by atoms with Crippen molar-refractivity contribution in [2.45, 2.75) is 0 Å². The number of benzene rings is 1. The highest BCUT2D eigenvalue weighted by atomic mass is 127. The van der Waals surface area contributed by atoms with Crippen LogP contribution in [0.15, 0.2) is 36.7 Å². The normalized spacial score (nSPS) is 14.8. The number of morpholine rings is 1. The van der Waals surface area contributed by atoms with Crippen molar-refractivity contribution in [1.29, 1.82) is 0 Å². The van der Waals surface area contributed by atoms with Gasteiger partial charge in [0, 0.05) is 35.9 Å². The molecule has 2 heterocycles. The number of pyridine rings is 1. The molecule has 0 bridgehead atoms. The largest absolute Gasteiger partial charge is 0.379 e. The standard InChI is InChI=1S/C18H20FIN4O2/c19-15-11-13(20)1-2-16(15)23-17-12-21-4-3-14(17)18(25)22-5-6-24-7-9-26-10-8-24/h1-4,11-12,23H,5-10H2,(H,22,25). The fourth-order valence-electron chi connectivity index (χ4n) is 2.68. The Balaban J connectivity index is 1.63. The Hall–Kier alpha value is -1.78. The molecule has 8 heteroatoms. The van der Waals surface area contributed by atoms with Crippen molar-refractivity contribution >= 4 is 39.9 Å². The highest BCUT2D eigenvalue weighted by Crippen LogP contribution is 2.23. The Labute approximate surface area is 165 Å². The molecule has 1 aromatic heterocycles. The van der Waals surface area contributed by atoms with Gasteiger partial charge in [-0.2, -0.15) is 0 Å². The van der Waals surface area contributed by atoms with Crippen molar-refractivity contribution in [3.8, 4) is 0 Å². The molecule has 0 saturated carbocycles. The van der Waals surface area contributed by atoms with E-state index in [4.69, 9.17) is 4.74 Å². The van der Waals surface area contributed by atoms with Gasteiger partial charge in [-0.15, -0.1) is 0 Å². The molecule has 0 spiro atoms. The molecule has 138 valence electrons. The van der Waals surface area contributed by atoms with E-state index in [1.807, 2.05) is 22.6 Å². The molecular formula is C18H20FIN4O2. The number of carbonyl (C=O) groups is 1. The van der Waals surface area contributed by atoms with Gasteiger partial charge in [0.25, 0.3) is 5.91 Å². The highest BCUT2D eigenvalue weighted by molar-refractivity contribution is 14.1. The lowest BCUT2D eigenvalue weighted by molar-refractivity contribution is 0.0383. The van der Waals surface area contributed by atoms with Gasteiger partial charge in [0.2, 0.25) is 0 Å². The second-order valence-electron chi connectivity index (χ2n) is 5.88. The SMILES string of the molecule is O=C(NCCN1CCOCC1)c1ccncc1Nc1ccc(I)cc1F. The van der Waals surface area contributed by atoms with Gasteiger partial charge in [0.05, 0.1) is 36.3 Å². The highest BCUT2D eigenvalue weighted by Gasteiger charge is 2.14. The summed E-state index contributed by atoms with van der Waals surface area (Å²) >= 11 is 2.05. The summed E-state index contributed by atoms with van der Waals surface area (Å²) < 4.78 is 20.2. The third-order valence-corrected chi connectivity index (χ3v) is 4.75. The van der Waals surface area contributed by atoms with Crippen molar-refractivity contribution < 1.29 is 13.9 Å². The summed E-state index contributed by atoms with van der Waals surface area (Å²) in [7, 11) is 0. The lowest BCUT2D eigenvalue weighted by atomic mass is 10.2. The number of nitrogens with zero attached hydrogens (tertiary/aromatic N) is 2. The predicted molar refractivity (Wildman–Crippen MR) is 106 cm³/mol. The van der Waals surface area contributed by atoms with Gasteiger partial charge in [0.1, 0.15) is 5.82 Å². The number of nitrogens with one attached hydrogen (secondary N) is 2.